The minimum absolute atomic E-state index is 0.0866. The van der Waals surface area contributed by atoms with Gasteiger partial charge in [0.15, 0.2) is 0 Å². The smallest absolute Gasteiger partial charge is 0.342 e. The predicted octanol–water partition coefficient (Wildman–Crippen LogP) is 4.77. The summed E-state index contributed by atoms with van der Waals surface area (Å²) in [6.45, 7) is 0.794. The van der Waals surface area contributed by atoms with Gasteiger partial charge in [0.25, 0.3) is 5.91 Å². The normalized spacial score (nSPS) is 17.5. The van der Waals surface area contributed by atoms with Crippen LogP contribution in [0.4, 0.5) is 13.2 Å². The summed E-state index contributed by atoms with van der Waals surface area (Å²) in [7, 11) is 1.83. The maximum absolute atomic E-state index is 13.3. The number of nitrogens with zero attached hydrogens (tertiary/aromatic N) is 3. The fourth-order valence-electron chi connectivity index (χ4n) is 4.09. The minimum Gasteiger partial charge on any atom is -0.342 e. The summed E-state index contributed by atoms with van der Waals surface area (Å²) in [5, 5.41) is 9.81. The van der Waals surface area contributed by atoms with E-state index in [1.165, 1.54) is 0 Å². The van der Waals surface area contributed by atoms with E-state index in [4.69, 9.17) is 11.6 Å². The predicted molar refractivity (Wildman–Crippen MR) is 119 cm³/mol. The molecule has 1 amide bonds. The Bertz CT molecular complexity index is 1140. The van der Waals surface area contributed by atoms with Crippen LogP contribution in [0.15, 0.2) is 48.9 Å². The molecule has 174 valence electrons. The van der Waals surface area contributed by atoms with Crippen molar-refractivity contribution < 1.29 is 18.0 Å². The molecule has 0 bridgehead atoms. The molecule has 3 heterocycles. The van der Waals surface area contributed by atoms with Crippen LogP contribution < -0.4 is 10.6 Å². The number of amides is 1. The van der Waals surface area contributed by atoms with Gasteiger partial charge in [-0.3, -0.25) is 9.48 Å². The largest absolute Gasteiger partial charge is 0.417 e. The molecule has 3 aromatic rings. The molecule has 1 unspecified atom stereocenters. The van der Waals surface area contributed by atoms with Crippen LogP contribution in [0.25, 0.3) is 11.1 Å². The third-order valence-electron chi connectivity index (χ3n) is 5.73. The Balaban J connectivity index is 1.67. The lowest BCUT2D eigenvalue weighted by molar-refractivity contribution is -0.137. The molecule has 0 saturated carbocycles. The summed E-state index contributed by atoms with van der Waals surface area (Å²) < 4.78 is 41.5. The standard InChI is InChI=1S/C23H23ClF3N5O/c1-32-13-16(12-30-32)14-5-4-6-15(11-14)20(18-7-2-3-9-28-18)31-22(33)21-19(24)17(8-10-29-21)23(25,26)27/h4-6,8,10-13,18,20,28H,2-3,7,9H2,1H3,(H,31,33)/t18-,20?/m0/s1. The van der Waals surface area contributed by atoms with Gasteiger partial charge in [-0.05, 0) is 42.6 Å². The minimum atomic E-state index is -4.68. The lowest BCUT2D eigenvalue weighted by atomic mass is 9.91. The van der Waals surface area contributed by atoms with E-state index in [-0.39, 0.29) is 6.04 Å². The molecule has 0 spiro atoms. The Morgan fingerprint density at radius 3 is 2.76 bits per heavy atom. The molecule has 1 saturated heterocycles. The van der Waals surface area contributed by atoms with Gasteiger partial charge in [0.2, 0.25) is 0 Å². The number of aromatic nitrogens is 3. The van der Waals surface area contributed by atoms with Crippen molar-refractivity contribution in [1.82, 2.24) is 25.4 Å². The van der Waals surface area contributed by atoms with Gasteiger partial charge in [-0.15, -0.1) is 0 Å². The molecule has 0 radical (unpaired) electrons. The quantitative estimate of drug-likeness (QED) is 0.555. The third-order valence-corrected chi connectivity index (χ3v) is 6.11. The summed E-state index contributed by atoms with van der Waals surface area (Å²) in [6, 6.07) is 7.87. The number of carbonyl (C=O) groups excluding carboxylic acids is 1. The number of rotatable bonds is 5. The molecular weight excluding hydrogens is 455 g/mol. The van der Waals surface area contributed by atoms with E-state index >= 15 is 0 Å². The summed E-state index contributed by atoms with van der Waals surface area (Å²) in [5.74, 6) is -0.754. The number of alkyl halides is 3. The number of hydrogen-bond donors (Lipinski definition) is 2. The molecule has 33 heavy (non-hydrogen) atoms. The van der Waals surface area contributed by atoms with E-state index in [1.807, 2.05) is 37.5 Å². The van der Waals surface area contributed by atoms with Crippen molar-refractivity contribution in [2.45, 2.75) is 37.5 Å². The number of pyridine rings is 1. The lowest BCUT2D eigenvalue weighted by Gasteiger charge is -2.32. The summed E-state index contributed by atoms with van der Waals surface area (Å²) >= 11 is 5.94. The van der Waals surface area contributed by atoms with Crippen LogP contribution in [0.2, 0.25) is 5.02 Å². The van der Waals surface area contributed by atoms with Gasteiger partial charge in [-0.2, -0.15) is 18.3 Å². The highest BCUT2D eigenvalue weighted by atomic mass is 35.5. The van der Waals surface area contributed by atoms with Gasteiger partial charge < -0.3 is 10.6 Å². The highest BCUT2D eigenvalue weighted by Gasteiger charge is 2.36. The van der Waals surface area contributed by atoms with Crippen LogP contribution in [0.5, 0.6) is 0 Å². The van der Waals surface area contributed by atoms with E-state index in [0.29, 0.717) is 0 Å². The second-order valence-electron chi connectivity index (χ2n) is 8.05. The van der Waals surface area contributed by atoms with Crippen molar-refractivity contribution in [2.24, 2.45) is 7.05 Å². The second-order valence-corrected chi connectivity index (χ2v) is 8.43. The molecule has 2 N–H and O–H groups in total. The van der Waals surface area contributed by atoms with E-state index in [1.54, 1.807) is 10.9 Å². The monoisotopic (exact) mass is 477 g/mol. The molecule has 1 aromatic carbocycles. The Morgan fingerprint density at radius 2 is 2.09 bits per heavy atom. The Labute approximate surface area is 194 Å². The average molecular weight is 478 g/mol. The Kier molecular flexibility index (Phi) is 6.71. The molecule has 0 aliphatic carbocycles. The number of hydrogen-bond acceptors (Lipinski definition) is 4. The van der Waals surface area contributed by atoms with Crippen molar-refractivity contribution in [3.8, 4) is 11.1 Å². The zero-order valence-electron chi connectivity index (χ0n) is 17.9. The zero-order valence-corrected chi connectivity index (χ0v) is 18.6. The van der Waals surface area contributed by atoms with Crippen molar-refractivity contribution in [3.63, 3.8) is 0 Å². The second kappa shape index (κ2) is 9.52. The maximum atomic E-state index is 13.3. The van der Waals surface area contributed by atoms with Crippen molar-refractivity contribution in [2.75, 3.05) is 6.54 Å². The van der Waals surface area contributed by atoms with Crippen LogP contribution >= 0.6 is 11.6 Å². The number of nitrogens with one attached hydrogen (secondary N) is 2. The molecule has 2 atom stereocenters. The van der Waals surface area contributed by atoms with E-state index in [0.717, 1.165) is 54.8 Å². The highest BCUT2D eigenvalue weighted by Crippen LogP contribution is 2.36. The molecule has 10 heteroatoms. The van der Waals surface area contributed by atoms with Gasteiger partial charge in [0.05, 0.1) is 22.8 Å². The van der Waals surface area contributed by atoms with Gasteiger partial charge in [-0.1, -0.05) is 36.2 Å². The van der Waals surface area contributed by atoms with Crippen molar-refractivity contribution in [1.29, 1.82) is 0 Å². The first-order chi connectivity index (χ1) is 15.7. The maximum Gasteiger partial charge on any atom is 0.417 e. The first-order valence-electron chi connectivity index (χ1n) is 10.6. The van der Waals surface area contributed by atoms with Crippen molar-refractivity contribution in [3.05, 3.63) is 70.8 Å². The van der Waals surface area contributed by atoms with Crippen LogP contribution in [0, 0.1) is 0 Å². The van der Waals surface area contributed by atoms with Crippen LogP contribution in [0.1, 0.15) is 46.9 Å². The molecule has 4 rings (SSSR count). The Hall–Kier alpha value is -2.91. The molecule has 1 fully saturated rings. The number of halogens is 4. The average Bonchev–Trinajstić information content (AvgIpc) is 3.23. The van der Waals surface area contributed by atoms with Gasteiger partial charge >= 0.3 is 6.18 Å². The third kappa shape index (κ3) is 5.20. The van der Waals surface area contributed by atoms with Crippen molar-refractivity contribution >= 4 is 17.5 Å². The van der Waals surface area contributed by atoms with Gasteiger partial charge in [0.1, 0.15) is 5.69 Å². The zero-order chi connectivity index (χ0) is 23.6. The first-order valence-corrected chi connectivity index (χ1v) is 11.0. The molecule has 1 aliphatic heterocycles. The molecule has 1 aliphatic rings. The van der Waals surface area contributed by atoms with E-state index < -0.39 is 34.4 Å². The summed E-state index contributed by atoms with van der Waals surface area (Å²) in [5.41, 5.74) is 1.13. The lowest BCUT2D eigenvalue weighted by Crippen LogP contribution is -2.46. The fraction of sp³-hybridized carbons (Fsp3) is 0.348. The molecule has 6 nitrogen and oxygen atoms in total. The van der Waals surface area contributed by atoms with Crippen LogP contribution in [-0.2, 0) is 13.2 Å². The number of carbonyl (C=O) groups is 1. The molecule has 2 aromatic heterocycles. The van der Waals surface area contributed by atoms with Crippen LogP contribution in [0.3, 0.4) is 0 Å². The van der Waals surface area contributed by atoms with Gasteiger partial charge in [0, 0.05) is 31.0 Å². The Morgan fingerprint density at radius 1 is 1.27 bits per heavy atom. The number of aryl methyl sites for hydroxylation is 1. The van der Waals surface area contributed by atoms with Gasteiger partial charge in [-0.25, -0.2) is 4.98 Å². The first kappa shape index (κ1) is 23.3. The fourth-order valence-corrected chi connectivity index (χ4v) is 4.40. The number of piperidine rings is 1. The summed E-state index contributed by atoms with van der Waals surface area (Å²) in [4.78, 5) is 16.9. The number of benzene rings is 1. The highest BCUT2D eigenvalue weighted by molar-refractivity contribution is 6.34. The topological polar surface area (TPSA) is 71.8 Å². The SMILES string of the molecule is Cn1cc(-c2cccc(C(NC(=O)c3nccc(C(F)(F)F)c3Cl)[C@@H]3CCCCN3)c2)cn1. The van der Waals surface area contributed by atoms with E-state index in [9.17, 15) is 18.0 Å². The molecular formula is C23H23ClF3N5O. The van der Waals surface area contributed by atoms with Crippen LogP contribution in [-0.4, -0.2) is 33.3 Å². The summed E-state index contributed by atoms with van der Waals surface area (Å²) in [6.07, 6.45) is 2.71. The van der Waals surface area contributed by atoms with E-state index in [2.05, 4.69) is 20.7 Å².